The molecule has 0 amide bonds. The number of nitrogens with zero attached hydrogens (tertiary/aromatic N) is 1. The highest BCUT2D eigenvalue weighted by Crippen LogP contribution is 2.34. The van der Waals surface area contributed by atoms with Crippen molar-refractivity contribution >= 4 is 12.3 Å². The van der Waals surface area contributed by atoms with Gasteiger partial charge in [-0.05, 0) is 19.1 Å². The van der Waals surface area contributed by atoms with Crippen molar-refractivity contribution in [2.24, 2.45) is 5.92 Å². The van der Waals surface area contributed by atoms with Gasteiger partial charge in [-0.15, -0.1) is 0 Å². The Morgan fingerprint density at radius 1 is 1.47 bits per heavy atom. The summed E-state index contributed by atoms with van der Waals surface area (Å²) in [4.78, 5) is 22.7. The van der Waals surface area contributed by atoms with Crippen LogP contribution in [0.3, 0.4) is 0 Å². The van der Waals surface area contributed by atoms with Crippen LogP contribution in [0.5, 0.6) is 0 Å². The van der Waals surface area contributed by atoms with Crippen molar-refractivity contribution in [3.8, 4) is 0 Å². The molecule has 0 saturated carbocycles. The van der Waals surface area contributed by atoms with Crippen LogP contribution in [0.25, 0.3) is 0 Å². The minimum Gasteiger partial charge on any atom is -0.461 e. The third-order valence-corrected chi connectivity index (χ3v) is 3.38. The Labute approximate surface area is 99.0 Å². The van der Waals surface area contributed by atoms with E-state index in [1.807, 2.05) is 13.8 Å². The quantitative estimate of drug-likeness (QED) is 0.627. The van der Waals surface area contributed by atoms with Crippen LogP contribution in [0.1, 0.15) is 36.1 Å². The van der Waals surface area contributed by atoms with Crippen LogP contribution < -0.4 is 0 Å². The predicted molar refractivity (Wildman–Crippen MR) is 59.5 cm³/mol. The van der Waals surface area contributed by atoms with Crippen molar-refractivity contribution in [1.82, 2.24) is 4.57 Å². The molecule has 5 heteroatoms. The number of rotatable bonds is 3. The van der Waals surface area contributed by atoms with Gasteiger partial charge in [-0.1, -0.05) is 6.92 Å². The summed E-state index contributed by atoms with van der Waals surface area (Å²) >= 11 is 0. The van der Waals surface area contributed by atoms with E-state index in [0.29, 0.717) is 17.7 Å². The Kier molecular flexibility index (Phi) is 3.02. The number of aromatic nitrogens is 1. The highest BCUT2D eigenvalue weighted by Gasteiger charge is 2.41. The fraction of sp³-hybridized carbons (Fsp3) is 0.500. The van der Waals surface area contributed by atoms with Gasteiger partial charge < -0.3 is 14.4 Å². The van der Waals surface area contributed by atoms with Crippen molar-refractivity contribution in [1.29, 1.82) is 0 Å². The van der Waals surface area contributed by atoms with Gasteiger partial charge >= 0.3 is 5.97 Å². The number of carbonyl (C=O) groups is 2. The topological polar surface area (TPSA) is 68.5 Å². The van der Waals surface area contributed by atoms with E-state index in [0.717, 1.165) is 0 Å². The van der Waals surface area contributed by atoms with Gasteiger partial charge in [0.2, 0.25) is 0 Å². The Hall–Kier alpha value is -1.62. The largest absolute Gasteiger partial charge is 0.461 e. The molecule has 1 aromatic rings. The molecule has 17 heavy (non-hydrogen) atoms. The molecule has 1 aliphatic rings. The number of aliphatic hydroxyl groups is 1. The fourth-order valence-corrected chi connectivity index (χ4v) is 2.24. The normalized spacial score (nSPS) is 28.2. The van der Waals surface area contributed by atoms with Crippen molar-refractivity contribution in [3.05, 3.63) is 23.5 Å². The summed E-state index contributed by atoms with van der Waals surface area (Å²) in [7, 11) is 0. The monoisotopic (exact) mass is 237 g/mol. The molecule has 0 bridgehead atoms. The zero-order valence-electron chi connectivity index (χ0n) is 9.79. The van der Waals surface area contributed by atoms with Crippen LogP contribution in [0.2, 0.25) is 0 Å². The minimum absolute atomic E-state index is 0.0288. The van der Waals surface area contributed by atoms with Crippen LogP contribution in [0, 0.1) is 5.92 Å². The van der Waals surface area contributed by atoms with E-state index in [2.05, 4.69) is 0 Å². The van der Waals surface area contributed by atoms with Crippen molar-refractivity contribution < 1.29 is 19.4 Å². The van der Waals surface area contributed by atoms with Crippen molar-refractivity contribution in [2.45, 2.75) is 32.6 Å². The number of hydrogen-bond donors (Lipinski definition) is 1. The van der Waals surface area contributed by atoms with Crippen molar-refractivity contribution in [3.63, 3.8) is 0 Å². The zero-order chi connectivity index (χ0) is 12.6. The molecule has 0 radical (unpaired) electrons. The lowest BCUT2D eigenvalue weighted by Gasteiger charge is -2.18. The van der Waals surface area contributed by atoms with E-state index in [1.54, 1.807) is 16.7 Å². The van der Waals surface area contributed by atoms with Crippen LogP contribution in [-0.2, 0) is 16.1 Å². The number of carbonyl (C=O) groups excluding carboxylic acids is 2. The number of aliphatic hydroxyl groups excluding tert-OH is 1. The van der Waals surface area contributed by atoms with Crippen LogP contribution in [0.15, 0.2) is 12.1 Å². The Morgan fingerprint density at radius 2 is 2.18 bits per heavy atom. The molecule has 5 nitrogen and oxygen atoms in total. The minimum atomic E-state index is -0.526. The first kappa shape index (κ1) is 11.9. The lowest BCUT2D eigenvalue weighted by atomic mass is 9.99. The molecule has 0 aromatic carbocycles. The summed E-state index contributed by atoms with van der Waals surface area (Å²) in [6.07, 6.45) is 0.503. The molecule has 0 aliphatic carbocycles. The van der Waals surface area contributed by atoms with Gasteiger partial charge in [-0.25, -0.2) is 4.79 Å². The second kappa shape index (κ2) is 4.33. The van der Waals surface area contributed by atoms with Crippen LogP contribution >= 0.6 is 0 Å². The van der Waals surface area contributed by atoms with Gasteiger partial charge in [-0.3, -0.25) is 4.79 Å². The van der Waals surface area contributed by atoms with Crippen LogP contribution in [-0.4, -0.2) is 28.0 Å². The van der Waals surface area contributed by atoms with Gasteiger partial charge in [0, 0.05) is 11.6 Å². The average Bonchev–Trinajstić information content (AvgIpc) is 2.81. The van der Waals surface area contributed by atoms with Crippen LogP contribution in [0.4, 0.5) is 0 Å². The molecule has 0 spiro atoms. The number of aldehydes is 1. The number of ether oxygens (including phenoxy) is 1. The third kappa shape index (κ3) is 1.76. The first-order chi connectivity index (χ1) is 8.10. The van der Waals surface area contributed by atoms with E-state index in [4.69, 9.17) is 4.74 Å². The van der Waals surface area contributed by atoms with Gasteiger partial charge in [0.15, 0.2) is 6.29 Å². The third-order valence-electron chi connectivity index (χ3n) is 3.38. The molecule has 1 N–H and O–H groups in total. The van der Waals surface area contributed by atoms with Gasteiger partial charge in [0.1, 0.15) is 12.1 Å². The SMILES string of the molecule is C[C@H]1[C@H](n2c(C=O)ccc2CO)C(=O)O[C@@H]1C. The molecule has 2 rings (SSSR count). The van der Waals surface area contributed by atoms with E-state index in [-0.39, 0.29) is 24.6 Å². The average molecular weight is 237 g/mol. The lowest BCUT2D eigenvalue weighted by Crippen LogP contribution is -2.24. The highest BCUT2D eigenvalue weighted by atomic mass is 16.6. The van der Waals surface area contributed by atoms with Gasteiger partial charge in [0.25, 0.3) is 0 Å². The summed E-state index contributed by atoms with van der Waals surface area (Å²) in [5.74, 6) is -0.377. The maximum atomic E-state index is 11.8. The predicted octanol–water partition coefficient (Wildman–Crippen LogP) is 0.915. The molecule has 1 saturated heterocycles. The second-order valence-corrected chi connectivity index (χ2v) is 4.34. The molecule has 1 aliphatic heterocycles. The maximum Gasteiger partial charge on any atom is 0.329 e. The summed E-state index contributed by atoms with van der Waals surface area (Å²) in [5, 5.41) is 9.24. The van der Waals surface area contributed by atoms with E-state index in [9.17, 15) is 14.7 Å². The summed E-state index contributed by atoms with van der Waals surface area (Å²) in [6, 6.07) is 2.72. The maximum absolute atomic E-state index is 11.8. The van der Waals surface area contributed by atoms with E-state index < -0.39 is 6.04 Å². The number of hydrogen-bond acceptors (Lipinski definition) is 4. The standard InChI is InChI=1S/C12H15NO4/c1-7-8(2)17-12(16)11(7)13-9(5-14)3-4-10(13)6-15/h3-5,7-8,11,15H,6H2,1-2H3/t7-,8-,11+/m1/s1. The Morgan fingerprint density at radius 3 is 2.65 bits per heavy atom. The summed E-state index contributed by atoms with van der Waals surface area (Å²) in [6.45, 7) is 3.51. The molecule has 1 fully saturated rings. The first-order valence-corrected chi connectivity index (χ1v) is 5.56. The second-order valence-electron chi connectivity index (χ2n) is 4.34. The summed E-state index contributed by atoms with van der Waals surface area (Å²) < 4.78 is 6.72. The molecular formula is C12H15NO4. The zero-order valence-corrected chi connectivity index (χ0v) is 9.79. The molecule has 1 aromatic heterocycles. The summed E-state index contributed by atoms with van der Waals surface area (Å²) in [5.41, 5.74) is 0.937. The molecule has 2 heterocycles. The van der Waals surface area contributed by atoms with E-state index >= 15 is 0 Å². The molecule has 3 atom stereocenters. The number of cyclic esters (lactones) is 1. The highest BCUT2D eigenvalue weighted by molar-refractivity contribution is 5.80. The smallest absolute Gasteiger partial charge is 0.329 e. The molecule has 92 valence electrons. The Bertz CT molecular complexity index is 451. The lowest BCUT2D eigenvalue weighted by molar-refractivity contribution is -0.143. The Balaban J connectivity index is 2.48. The van der Waals surface area contributed by atoms with Gasteiger partial charge in [0.05, 0.1) is 12.3 Å². The van der Waals surface area contributed by atoms with Gasteiger partial charge in [-0.2, -0.15) is 0 Å². The van der Waals surface area contributed by atoms with E-state index in [1.165, 1.54) is 0 Å². The molecular weight excluding hydrogens is 222 g/mol. The fourth-order valence-electron chi connectivity index (χ4n) is 2.24. The van der Waals surface area contributed by atoms with Crippen molar-refractivity contribution in [2.75, 3.05) is 0 Å². The first-order valence-electron chi connectivity index (χ1n) is 5.56. The number of esters is 1. The molecule has 0 unspecified atom stereocenters.